The summed E-state index contributed by atoms with van der Waals surface area (Å²) in [6, 6.07) is 13.4. The van der Waals surface area contributed by atoms with Gasteiger partial charge < -0.3 is 54.3 Å². The normalized spacial score (nSPS) is 24.8. The van der Waals surface area contributed by atoms with Crippen molar-refractivity contribution in [3.8, 4) is 34.5 Å². The van der Waals surface area contributed by atoms with Gasteiger partial charge in [-0.25, -0.2) is 4.79 Å². The lowest BCUT2D eigenvalue weighted by Crippen LogP contribution is -2.60. The number of ether oxygens (including phenoxy) is 5. The molecular formula is C31H30O13. The third-order valence-electron chi connectivity index (χ3n) is 7.18. The Morgan fingerprint density at radius 3 is 2.27 bits per heavy atom. The summed E-state index contributed by atoms with van der Waals surface area (Å²) in [4.78, 5) is 25.2. The second kappa shape index (κ2) is 12.8. The van der Waals surface area contributed by atoms with E-state index in [0.29, 0.717) is 11.1 Å². The minimum atomic E-state index is -1.79. The molecule has 1 saturated heterocycles. The molecule has 6 N–H and O–H groups in total. The monoisotopic (exact) mass is 610 g/mol. The van der Waals surface area contributed by atoms with Crippen LogP contribution in [0.15, 0.2) is 60.7 Å². The Morgan fingerprint density at radius 2 is 1.61 bits per heavy atom. The number of benzene rings is 3. The number of hydrogen-bond donors (Lipinski definition) is 6. The molecule has 13 nitrogen and oxygen atoms in total. The summed E-state index contributed by atoms with van der Waals surface area (Å²) in [6.45, 7) is -0.526. The number of carbonyl (C=O) groups excluding carboxylic acids is 2. The highest BCUT2D eigenvalue weighted by Crippen LogP contribution is 2.49. The van der Waals surface area contributed by atoms with Gasteiger partial charge in [-0.1, -0.05) is 24.3 Å². The van der Waals surface area contributed by atoms with E-state index in [9.17, 15) is 40.2 Å². The van der Waals surface area contributed by atoms with E-state index in [-0.39, 0.29) is 40.7 Å². The van der Waals surface area contributed by atoms with Gasteiger partial charge in [0.1, 0.15) is 59.9 Å². The van der Waals surface area contributed by atoms with Crippen LogP contribution in [0.1, 0.15) is 34.0 Å². The van der Waals surface area contributed by atoms with Gasteiger partial charge >= 0.3 is 5.97 Å². The lowest BCUT2D eigenvalue weighted by molar-refractivity contribution is -0.278. The van der Waals surface area contributed by atoms with Crippen molar-refractivity contribution in [2.24, 2.45) is 0 Å². The van der Waals surface area contributed by atoms with Crippen LogP contribution in [0.25, 0.3) is 6.08 Å². The number of rotatable bonds is 8. The molecule has 6 atom stereocenters. The molecule has 0 unspecified atom stereocenters. The number of aliphatic hydroxyl groups excluding tert-OH is 3. The number of methoxy groups -OCH3 is 1. The number of Topliss-reactive ketones (excluding diaryl/α,β-unsaturated/α-hetero) is 1. The third kappa shape index (κ3) is 6.40. The van der Waals surface area contributed by atoms with Crippen LogP contribution in [-0.4, -0.2) is 86.8 Å². The van der Waals surface area contributed by atoms with Crippen molar-refractivity contribution in [3.63, 3.8) is 0 Å². The Labute approximate surface area is 250 Å². The summed E-state index contributed by atoms with van der Waals surface area (Å²) < 4.78 is 27.8. The lowest BCUT2D eigenvalue weighted by Gasteiger charge is -2.40. The molecule has 2 aliphatic rings. The van der Waals surface area contributed by atoms with Gasteiger partial charge in [-0.05, 0) is 41.5 Å². The maximum absolute atomic E-state index is 13.0. The molecule has 232 valence electrons. The van der Waals surface area contributed by atoms with Crippen molar-refractivity contribution in [3.05, 3.63) is 77.4 Å². The van der Waals surface area contributed by atoms with Crippen molar-refractivity contribution < 1.29 is 63.9 Å². The molecule has 3 aromatic rings. The SMILES string of the molecule is COc1c(O[C@@H]2O[C@H](COC(=O)/C=C/c3ccc(O)cc3)[C@@H](O)[C@H](O)[C@H]2O)cc2c(c1O)C(=O)C[C@H](c1ccc(O)cc1)O2. The molecular weight excluding hydrogens is 580 g/mol. The highest BCUT2D eigenvalue weighted by Gasteiger charge is 2.46. The summed E-state index contributed by atoms with van der Waals surface area (Å²) in [5, 5.41) is 61.4. The van der Waals surface area contributed by atoms with Crippen LogP contribution in [0.5, 0.6) is 34.5 Å². The standard InChI is InChI=1S/C31H30O13/c1-40-30-22(13-21-25(27(30)37)19(34)12-20(42-21)16-5-9-18(33)10-6-16)43-31-29(39)28(38)26(36)23(44-31)14-41-24(35)11-4-15-2-7-17(32)8-3-15/h2-11,13,20,23,26,28-29,31-33,36-39H,12,14H2,1H3/b11-4+/t20-,23-,26-,28+,29-,31-/m1/s1. The zero-order chi connectivity index (χ0) is 31.5. The summed E-state index contributed by atoms with van der Waals surface area (Å²) in [5.41, 5.74) is 1.07. The van der Waals surface area contributed by atoms with Crippen LogP contribution in [0.4, 0.5) is 0 Å². The number of esters is 1. The van der Waals surface area contributed by atoms with Crippen LogP contribution in [0, 0.1) is 0 Å². The lowest BCUT2D eigenvalue weighted by atomic mass is 9.95. The van der Waals surface area contributed by atoms with Crippen LogP contribution < -0.4 is 14.2 Å². The van der Waals surface area contributed by atoms with Crippen molar-refractivity contribution in [1.82, 2.24) is 0 Å². The first-order chi connectivity index (χ1) is 21.0. The van der Waals surface area contributed by atoms with Crippen LogP contribution in [-0.2, 0) is 14.3 Å². The fourth-order valence-electron chi connectivity index (χ4n) is 4.83. The fraction of sp³-hybridized carbons (Fsp3) is 0.290. The largest absolute Gasteiger partial charge is 0.508 e. The van der Waals surface area contributed by atoms with Gasteiger partial charge in [0.2, 0.25) is 12.0 Å². The predicted molar refractivity (Wildman–Crippen MR) is 150 cm³/mol. The molecule has 0 spiro atoms. The number of carbonyl (C=O) groups is 2. The second-order valence-electron chi connectivity index (χ2n) is 10.1. The minimum absolute atomic E-state index is 0.0336. The maximum atomic E-state index is 13.0. The number of ketones is 1. The van der Waals surface area contributed by atoms with E-state index in [1.54, 1.807) is 24.3 Å². The quantitative estimate of drug-likeness (QED) is 0.160. The minimum Gasteiger partial charge on any atom is -0.508 e. The van der Waals surface area contributed by atoms with Gasteiger partial charge in [-0.3, -0.25) is 4.79 Å². The number of phenols is 3. The van der Waals surface area contributed by atoms with Crippen molar-refractivity contribution in [1.29, 1.82) is 0 Å². The highest BCUT2D eigenvalue weighted by molar-refractivity contribution is 6.03. The van der Waals surface area contributed by atoms with Gasteiger partial charge in [0.15, 0.2) is 17.3 Å². The molecule has 5 rings (SSSR count). The Balaban J connectivity index is 1.32. The molecule has 0 bridgehead atoms. The maximum Gasteiger partial charge on any atom is 0.330 e. The Morgan fingerprint density at radius 1 is 0.955 bits per heavy atom. The first kappa shape index (κ1) is 30.6. The molecule has 0 aromatic heterocycles. The van der Waals surface area contributed by atoms with E-state index in [1.165, 1.54) is 43.5 Å². The average Bonchev–Trinajstić information content (AvgIpc) is 3.00. The first-order valence-corrected chi connectivity index (χ1v) is 13.5. The number of fused-ring (bicyclic) bond motifs is 1. The van der Waals surface area contributed by atoms with E-state index >= 15 is 0 Å². The van der Waals surface area contributed by atoms with Gasteiger partial charge in [0.05, 0.1) is 13.5 Å². The van der Waals surface area contributed by atoms with Gasteiger partial charge in [-0.2, -0.15) is 0 Å². The summed E-state index contributed by atoms with van der Waals surface area (Å²) >= 11 is 0. The summed E-state index contributed by atoms with van der Waals surface area (Å²) in [5.74, 6) is -2.26. The molecule has 0 saturated carbocycles. The van der Waals surface area contributed by atoms with E-state index in [4.69, 9.17) is 23.7 Å². The summed E-state index contributed by atoms with van der Waals surface area (Å²) in [6.07, 6.45) is -6.50. The van der Waals surface area contributed by atoms with Crippen molar-refractivity contribution in [2.75, 3.05) is 13.7 Å². The van der Waals surface area contributed by atoms with Crippen LogP contribution in [0.3, 0.4) is 0 Å². The predicted octanol–water partition coefficient (Wildman–Crippen LogP) is 1.96. The summed E-state index contributed by atoms with van der Waals surface area (Å²) in [7, 11) is 1.21. The topological polar surface area (TPSA) is 202 Å². The average molecular weight is 611 g/mol. The van der Waals surface area contributed by atoms with Crippen molar-refractivity contribution >= 4 is 17.8 Å². The van der Waals surface area contributed by atoms with Gasteiger partial charge in [0.25, 0.3) is 0 Å². The Bertz CT molecular complexity index is 1530. The second-order valence-corrected chi connectivity index (χ2v) is 10.1. The van der Waals surface area contributed by atoms with E-state index in [1.807, 2.05) is 0 Å². The van der Waals surface area contributed by atoms with Crippen molar-refractivity contribution in [2.45, 2.75) is 43.2 Å². The number of aliphatic hydroxyl groups is 3. The fourth-order valence-corrected chi connectivity index (χ4v) is 4.83. The third-order valence-corrected chi connectivity index (χ3v) is 7.18. The first-order valence-electron chi connectivity index (χ1n) is 13.5. The zero-order valence-electron chi connectivity index (χ0n) is 23.3. The molecule has 0 amide bonds. The highest BCUT2D eigenvalue weighted by atomic mass is 16.7. The molecule has 3 aromatic carbocycles. The molecule has 0 aliphatic carbocycles. The molecule has 13 heteroatoms. The zero-order valence-corrected chi connectivity index (χ0v) is 23.3. The Kier molecular flexibility index (Phi) is 8.92. The van der Waals surface area contributed by atoms with E-state index in [2.05, 4.69) is 0 Å². The molecule has 1 fully saturated rings. The number of phenolic OH excluding ortho intramolecular Hbond substituents is 3. The number of aromatic hydroxyl groups is 3. The molecule has 2 aliphatic heterocycles. The molecule has 44 heavy (non-hydrogen) atoms. The van der Waals surface area contributed by atoms with Crippen LogP contribution in [0.2, 0.25) is 0 Å². The van der Waals surface area contributed by atoms with E-state index < -0.39 is 60.9 Å². The van der Waals surface area contributed by atoms with Gasteiger partial charge in [-0.15, -0.1) is 0 Å². The Hall–Kier alpha value is -4.82. The van der Waals surface area contributed by atoms with Crippen LogP contribution >= 0.6 is 0 Å². The van der Waals surface area contributed by atoms with E-state index in [0.717, 1.165) is 6.08 Å². The number of hydrogen-bond acceptors (Lipinski definition) is 13. The molecule has 2 heterocycles. The molecule has 0 radical (unpaired) electrons. The smallest absolute Gasteiger partial charge is 0.330 e. The van der Waals surface area contributed by atoms with Gasteiger partial charge in [0, 0.05) is 12.1 Å².